The highest BCUT2D eigenvalue weighted by atomic mass is 19.4. The molecule has 2 aromatic rings. The van der Waals surface area contributed by atoms with Gasteiger partial charge < -0.3 is 0 Å². The minimum atomic E-state index is -4.61. The maximum absolute atomic E-state index is 13.8. The van der Waals surface area contributed by atoms with Crippen molar-refractivity contribution in [1.29, 1.82) is 5.26 Å². The first-order chi connectivity index (χ1) is 11.6. The molecular formula is C18H16F3N3O. The Labute approximate surface area is 142 Å². The first-order valence-electron chi connectivity index (χ1n) is 7.71. The molecule has 0 radical (unpaired) electrons. The summed E-state index contributed by atoms with van der Waals surface area (Å²) in [5.41, 5.74) is 1.51. The Hall–Kier alpha value is -2.59. The van der Waals surface area contributed by atoms with E-state index in [0.717, 1.165) is 5.01 Å². The molecule has 130 valence electrons. The summed E-state index contributed by atoms with van der Waals surface area (Å²) in [6.45, 7) is 3.11. The number of carbonyl (C=O) groups is 1. The standard InChI is InChI=1S/C18H16F3N3O/c1-17(2)10-24(23-16(17)25)15(18(19,20)21)12-7-11-5-3-4-6-14(11)13(8-12)9-22/h3-8,15H,10H2,1-2H3,(H,23,25). The zero-order chi connectivity index (χ0) is 18.4. The molecule has 1 N–H and O–H groups in total. The van der Waals surface area contributed by atoms with E-state index in [1.54, 1.807) is 38.1 Å². The van der Waals surface area contributed by atoms with E-state index in [4.69, 9.17) is 0 Å². The third kappa shape index (κ3) is 3.05. The summed E-state index contributed by atoms with van der Waals surface area (Å²) >= 11 is 0. The summed E-state index contributed by atoms with van der Waals surface area (Å²) in [6, 6.07) is 9.41. The normalized spacial score (nSPS) is 18.8. The zero-order valence-corrected chi connectivity index (χ0v) is 13.7. The summed E-state index contributed by atoms with van der Waals surface area (Å²) in [5.74, 6) is -0.456. The summed E-state index contributed by atoms with van der Waals surface area (Å²) in [6.07, 6.45) is -4.61. The molecule has 4 nitrogen and oxygen atoms in total. The van der Waals surface area contributed by atoms with Gasteiger partial charge in [0.2, 0.25) is 5.91 Å². The van der Waals surface area contributed by atoms with Gasteiger partial charge in [-0.15, -0.1) is 0 Å². The number of nitrogens with zero attached hydrogens (tertiary/aromatic N) is 2. The highest BCUT2D eigenvalue weighted by Crippen LogP contribution is 2.41. The monoisotopic (exact) mass is 347 g/mol. The Morgan fingerprint density at radius 1 is 1.28 bits per heavy atom. The van der Waals surface area contributed by atoms with Gasteiger partial charge in [-0.3, -0.25) is 10.2 Å². The fraction of sp³-hybridized carbons (Fsp3) is 0.333. The smallest absolute Gasteiger partial charge is 0.287 e. The number of hydrogen-bond donors (Lipinski definition) is 1. The molecule has 1 aliphatic rings. The molecule has 7 heteroatoms. The Bertz CT molecular complexity index is 883. The van der Waals surface area contributed by atoms with Crippen LogP contribution in [0.4, 0.5) is 13.2 Å². The Morgan fingerprint density at radius 3 is 2.52 bits per heavy atom. The van der Waals surface area contributed by atoms with Gasteiger partial charge in [0.25, 0.3) is 0 Å². The second-order valence-electron chi connectivity index (χ2n) is 6.80. The molecule has 1 saturated heterocycles. The molecule has 3 rings (SSSR count). The van der Waals surface area contributed by atoms with Crippen molar-refractivity contribution in [3.63, 3.8) is 0 Å². The van der Waals surface area contributed by atoms with Gasteiger partial charge in [-0.25, -0.2) is 5.01 Å². The third-order valence-corrected chi connectivity index (χ3v) is 4.37. The summed E-state index contributed by atoms with van der Waals surface area (Å²) in [4.78, 5) is 11.9. The largest absolute Gasteiger partial charge is 0.409 e. The van der Waals surface area contributed by atoms with E-state index >= 15 is 0 Å². The fourth-order valence-electron chi connectivity index (χ4n) is 3.10. The predicted octanol–water partition coefficient (Wildman–Crippen LogP) is 3.69. The van der Waals surface area contributed by atoms with Crippen LogP contribution in [0.1, 0.15) is 31.0 Å². The van der Waals surface area contributed by atoms with Gasteiger partial charge in [0.05, 0.1) is 17.0 Å². The van der Waals surface area contributed by atoms with E-state index in [0.29, 0.717) is 10.8 Å². The van der Waals surface area contributed by atoms with Gasteiger partial charge in [0, 0.05) is 6.54 Å². The van der Waals surface area contributed by atoms with Gasteiger partial charge in [0.1, 0.15) is 6.04 Å². The molecule has 1 amide bonds. The van der Waals surface area contributed by atoms with Gasteiger partial charge in [-0.1, -0.05) is 24.3 Å². The van der Waals surface area contributed by atoms with Crippen molar-refractivity contribution in [3.8, 4) is 6.07 Å². The van der Waals surface area contributed by atoms with Crippen LogP contribution < -0.4 is 5.43 Å². The van der Waals surface area contributed by atoms with E-state index in [2.05, 4.69) is 5.43 Å². The van der Waals surface area contributed by atoms with E-state index < -0.39 is 23.5 Å². The number of hydrazine groups is 1. The van der Waals surface area contributed by atoms with Crippen LogP contribution in [0.2, 0.25) is 0 Å². The lowest BCUT2D eigenvalue weighted by Gasteiger charge is -2.30. The summed E-state index contributed by atoms with van der Waals surface area (Å²) in [5, 5.41) is 11.4. The number of nitriles is 1. The van der Waals surface area contributed by atoms with Crippen LogP contribution in [0.3, 0.4) is 0 Å². The Kier molecular flexibility index (Phi) is 3.96. The van der Waals surface area contributed by atoms with Gasteiger partial charge in [-0.05, 0) is 42.3 Å². The van der Waals surface area contributed by atoms with Crippen molar-refractivity contribution in [2.24, 2.45) is 5.41 Å². The third-order valence-electron chi connectivity index (χ3n) is 4.37. The number of carbonyl (C=O) groups excluding carboxylic acids is 1. The number of fused-ring (bicyclic) bond motifs is 1. The van der Waals surface area contributed by atoms with Crippen LogP contribution in [0.25, 0.3) is 10.8 Å². The topological polar surface area (TPSA) is 56.1 Å². The number of amides is 1. The number of alkyl halides is 3. The molecule has 1 fully saturated rings. The maximum Gasteiger partial charge on any atom is 0.409 e. The second-order valence-corrected chi connectivity index (χ2v) is 6.80. The lowest BCUT2D eigenvalue weighted by Crippen LogP contribution is -2.43. The van der Waals surface area contributed by atoms with Crippen LogP contribution in [0.15, 0.2) is 36.4 Å². The Morgan fingerprint density at radius 2 is 1.96 bits per heavy atom. The molecule has 1 atom stereocenters. The quantitative estimate of drug-likeness (QED) is 0.901. The van der Waals surface area contributed by atoms with Crippen LogP contribution in [-0.4, -0.2) is 23.6 Å². The molecule has 0 saturated carbocycles. The number of hydrogen-bond acceptors (Lipinski definition) is 3. The SMILES string of the molecule is CC1(C)CN(C(c2cc(C#N)c3ccccc3c2)C(F)(F)F)NC1=O. The van der Waals surface area contributed by atoms with E-state index in [1.165, 1.54) is 12.1 Å². The van der Waals surface area contributed by atoms with E-state index in [-0.39, 0.29) is 17.7 Å². The number of nitrogens with one attached hydrogen (secondary N) is 1. The molecule has 1 unspecified atom stereocenters. The number of halogens is 3. The van der Waals surface area contributed by atoms with Crippen molar-refractivity contribution in [2.45, 2.75) is 26.1 Å². The lowest BCUT2D eigenvalue weighted by atomic mass is 9.93. The minimum absolute atomic E-state index is 0.0687. The molecule has 0 aliphatic carbocycles. The highest BCUT2D eigenvalue weighted by molar-refractivity contribution is 5.88. The number of benzene rings is 2. The van der Waals surface area contributed by atoms with Crippen molar-refractivity contribution >= 4 is 16.7 Å². The van der Waals surface area contributed by atoms with Gasteiger partial charge in [0.15, 0.2) is 0 Å². The van der Waals surface area contributed by atoms with Crippen LogP contribution in [-0.2, 0) is 4.79 Å². The molecular weight excluding hydrogens is 331 g/mol. The lowest BCUT2D eigenvalue weighted by molar-refractivity contribution is -0.191. The van der Waals surface area contributed by atoms with Crippen LogP contribution >= 0.6 is 0 Å². The Balaban J connectivity index is 2.14. The summed E-state index contributed by atoms with van der Waals surface area (Å²) in [7, 11) is 0. The number of rotatable bonds is 2. The van der Waals surface area contributed by atoms with E-state index in [1.807, 2.05) is 6.07 Å². The van der Waals surface area contributed by atoms with Crippen molar-refractivity contribution in [2.75, 3.05) is 6.54 Å². The van der Waals surface area contributed by atoms with Crippen molar-refractivity contribution in [1.82, 2.24) is 10.4 Å². The first kappa shape index (κ1) is 17.2. The van der Waals surface area contributed by atoms with Gasteiger partial charge in [-0.2, -0.15) is 18.4 Å². The molecule has 0 spiro atoms. The minimum Gasteiger partial charge on any atom is -0.287 e. The predicted molar refractivity (Wildman–Crippen MR) is 86.1 cm³/mol. The van der Waals surface area contributed by atoms with Crippen LogP contribution in [0, 0.1) is 16.7 Å². The van der Waals surface area contributed by atoms with Crippen molar-refractivity contribution in [3.05, 3.63) is 47.5 Å². The van der Waals surface area contributed by atoms with Crippen molar-refractivity contribution < 1.29 is 18.0 Å². The summed E-state index contributed by atoms with van der Waals surface area (Å²) < 4.78 is 41.4. The zero-order valence-electron chi connectivity index (χ0n) is 13.7. The second kappa shape index (κ2) is 5.74. The first-order valence-corrected chi connectivity index (χ1v) is 7.71. The molecule has 0 aromatic heterocycles. The maximum atomic E-state index is 13.8. The average Bonchev–Trinajstić information content (AvgIpc) is 2.78. The molecule has 25 heavy (non-hydrogen) atoms. The van der Waals surface area contributed by atoms with E-state index in [9.17, 15) is 23.2 Å². The van der Waals surface area contributed by atoms with Crippen LogP contribution in [0.5, 0.6) is 0 Å². The molecule has 1 heterocycles. The molecule has 0 bridgehead atoms. The molecule has 1 aliphatic heterocycles. The fourth-order valence-corrected chi connectivity index (χ4v) is 3.10. The average molecular weight is 347 g/mol. The molecule has 2 aromatic carbocycles. The highest BCUT2D eigenvalue weighted by Gasteiger charge is 2.51. The van der Waals surface area contributed by atoms with Gasteiger partial charge >= 0.3 is 6.18 Å².